The highest BCUT2D eigenvalue weighted by Crippen LogP contribution is 2.38. The molecule has 124 valence electrons. The van der Waals surface area contributed by atoms with Crippen LogP contribution in [0, 0.1) is 11.3 Å². The van der Waals surface area contributed by atoms with Crippen LogP contribution in [-0.2, 0) is 4.74 Å². The maximum absolute atomic E-state index is 5.34. The summed E-state index contributed by atoms with van der Waals surface area (Å²) in [6.45, 7) is 11.8. The summed E-state index contributed by atoms with van der Waals surface area (Å²) in [5, 5.41) is 3.83. The Hall–Kier alpha value is -0.120. The maximum Gasteiger partial charge on any atom is 0.0491 e. The molecule has 2 aliphatic rings. The van der Waals surface area contributed by atoms with E-state index in [1.54, 1.807) is 0 Å². The minimum atomic E-state index is 0.512. The molecule has 3 nitrogen and oxygen atoms in total. The number of methoxy groups -OCH3 is 1. The summed E-state index contributed by atoms with van der Waals surface area (Å²) in [6.07, 6.45) is 7.92. The van der Waals surface area contributed by atoms with Gasteiger partial charge in [-0.05, 0) is 69.5 Å². The third kappa shape index (κ3) is 4.94. The Morgan fingerprint density at radius 1 is 1.19 bits per heavy atom. The predicted octanol–water partition coefficient (Wildman–Crippen LogP) is 3.29. The molecule has 3 heteroatoms. The van der Waals surface area contributed by atoms with Crippen molar-refractivity contribution in [3.8, 4) is 0 Å². The molecule has 0 aromatic carbocycles. The van der Waals surface area contributed by atoms with Crippen molar-refractivity contribution in [3.63, 3.8) is 0 Å². The molecule has 1 saturated heterocycles. The van der Waals surface area contributed by atoms with Crippen LogP contribution in [0.1, 0.15) is 59.3 Å². The molecular formula is C18H36N2O. The van der Waals surface area contributed by atoms with Gasteiger partial charge in [0.2, 0.25) is 0 Å². The van der Waals surface area contributed by atoms with E-state index in [-0.39, 0.29) is 0 Å². The molecule has 0 aromatic rings. The average Bonchev–Trinajstić information content (AvgIpc) is 2.46. The molecule has 2 fully saturated rings. The fraction of sp³-hybridized carbons (Fsp3) is 1.00. The monoisotopic (exact) mass is 296 g/mol. The van der Waals surface area contributed by atoms with Crippen LogP contribution in [0.5, 0.6) is 0 Å². The third-order valence-electron chi connectivity index (χ3n) is 5.54. The summed E-state index contributed by atoms with van der Waals surface area (Å²) in [6, 6.07) is 1.45. The van der Waals surface area contributed by atoms with E-state index in [4.69, 9.17) is 4.74 Å². The van der Waals surface area contributed by atoms with Crippen LogP contribution in [0.25, 0.3) is 0 Å². The van der Waals surface area contributed by atoms with E-state index in [1.165, 1.54) is 58.2 Å². The van der Waals surface area contributed by atoms with Crippen LogP contribution in [-0.4, -0.2) is 50.3 Å². The van der Waals surface area contributed by atoms with Crippen molar-refractivity contribution in [2.75, 3.05) is 33.4 Å². The summed E-state index contributed by atoms with van der Waals surface area (Å²) in [4.78, 5) is 2.78. The molecule has 0 bridgehead atoms. The number of hydrogen-bond acceptors (Lipinski definition) is 3. The topological polar surface area (TPSA) is 24.5 Å². The first-order valence-electron chi connectivity index (χ1n) is 9.02. The van der Waals surface area contributed by atoms with Gasteiger partial charge in [-0.2, -0.15) is 0 Å². The van der Waals surface area contributed by atoms with E-state index >= 15 is 0 Å². The zero-order valence-corrected chi connectivity index (χ0v) is 14.7. The van der Waals surface area contributed by atoms with Gasteiger partial charge in [0.25, 0.3) is 0 Å². The van der Waals surface area contributed by atoms with Crippen molar-refractivity contribution in [1.29, 1.82) is 0 Å². The Kier molecular flexibility index (Phi) is 6.51. The Morgan fingerprint density at radius 2 is 1.90 bits per heavy atom. The summed E-state index contributed by atoms with van der Waals surface area (Å²) >= 11 is 0. The number of likely N-dealkylation sites (tertiary alicyclic amines) is 1. The fourth-order valence-corrected chi connectivity index (χ4v) is 4.19. The summed E-state index contributed by atoms with van der Waals surface area (Å²) in [5.41, 5.74) is 0.512. The van der Waals surface area contributed by atoms with Crippen LogP contribution >= 0.6 is 0 Å². The van der Waals surface area contributed by atoms with Crippen LogP contribution < -0.4 is 5.32 Å². The Balaban J connectivity index is 1.92. The van der Waals surface area contributed by atoms with Gasteiger partial charge < -0.3 is 10.1 Å². The van der Waals surface area contributed by atoms with Gasteiger partial charge in [-0.3, -0.25) is 4.90 Å². The van der Waals surface area contributed by atoms with Gasteiger partial charge in [0.05, 0.1) is 0 Å². The minimum Gasteiger partial charge on any atom is -0.384 e. The second-order valence-corrected chi connectivity index (χ2v) is 7.97. The van der Waals surface area contributed by atoms with E-state index in [1.807, 2.05) is 7.11 Å². The molecule has 2 rings (SSSR count). The quantitative estimate of drug-likeness (QED) is 0.814. The molecule has 21 heavy (non-hydrogen) atoms. The lowest BCUT2D eigenvalue weighted by atomic mass is 9.72. The van der Waals surface area contributed by atoms with Crippen LogP contribution in [0.3, 0.4) is 0 Å². The Labute approximate surface area is 131 Å². The first kappa shape index (κ1) is 17.2. The van der Waals surface area contributed by atoms with Gasteiger partial charge in [0, 0.05) is 25.8 Å². The van der Waals surface area contributed by atoms with Gasteiger partial charge in [-0.1, -0.05) is 20.8 Å². The smallest absolute Gasteiger partial charge is 0.0491 e. The van der Waals surface area contributed by atoms with E-state index in [0.29, 0.717) is 11.5 Å². The predicted molar refractivity (Wildman–Crippen MR) is 89.7 cm³/mol. The number of ether oxygens (including phenoxy) is 1. The molecule has 1 heterocycles. The number of piperidine rings is 1. The lowest BCUT2D eigenvalue weighted by Gasteiger charge is -2.48. The van der Waals surface area contributed by atoms with Crippen LogP contribution in [0.15, 0.2) is 0 Å². The highest BCUT2D eigenvalue weighted by Gasteiger charge is 2.38. The molecule has 0 radical (unpaired) electrons. The molecule has 1 aliphatic carbocycles. The largest absolute Gasteiger partial charge is 0.384 e. The van der Waals surface area contributed by atoms with Crippen molar-refractivity contribution >= 4 is 0 Å². The second-order valence-electron chi connectivity index (χ2n) is 7.97. The van der Waals surface area contributed by atoms with Crippen molar-refractivity contribution in [3.05, 3.63) is 0 Å². The van der Waals surface area contributed by atoms with Gasteiger partial charge in [0.1, 0.15) is 0 Å². The zero-order chi connectivity index (χ0) is 15.3. The van der Waals surface area contributed by atoms with Gasteiger partial charge in [0.15, 0.2) is 0 Å². The van der Waals surface area contributed by atoms with Crippen molar-refractivity contribution < 1.29 is 4.74 Å². The number of rotatable bonds is 6. The summed E-state index contributed by atoms with van der Waals surface area (Å²) in [5.74, 6) is 0.782. The second kappa shape index (κ2) is 7.94. The standard InChI is InChI=1S/C18H36N2O/c1-5-10-19-16-6-9-18(2,3)13-17(16)20-11-7-15(8-12-20)14-21-4/h15-17,19H,5-14H2,1-4H3. The van der Waals surface area contributed by atoms with Crippen molar-refractivity contribution in [1.82, 2.24) is 10.2 Å². The van der Waals surface area contributed by atoms with E-state index in [0.717, 1.165) is 18.6 Å². The molecule has 0 aromatic heterocycles. The molecule has 2 unspecified atom stereocenters. The van der Waals surface area contributed by atoms with Gasteiger partial charge >= 0.3 is 0 Å². The van der Waals surface area contributed by atoms with Crippen molar-refractivity contribution in [2.45, 2.75) is 71.4 Å². The van der Waals surface area contributed by atoms with Crippen molar-refractivity contribution in [2.24, 2.45) is 11.3 Å². The first-order chi connectivity index (χ1) is 10.1. The molecular weight excluding hydrogens is 260 g/mol. The average molecular weight is 296 g/mol. The lowest BCUT2D eigenvalue weighted by Crippen LogP contribution is -2.56. The number of nitrogens with zero attached hydrogens (tertiary/aromatic N) is 1. The Morgan fingerprint density at radius 3 is 2.52 bits per heavy atom. The molecule has 2 atom stereocenters. The number of hydrogen-bond donors (Lipinski definition) is 1. The molecule has 1 aliphatic heterocycles. The van der Waals surface area contributed by atoms with Gasteiger partial charge in [-0.15, -0.1) is 0 Å². The molecule has 0 spiro atoms. The highest BCUT2D eigenvalue weighted by molar-refractivity contribution is 4.95. The van der Waals surface area contributed by atoms with Crippen LogP contribution in [0.4, 0.5) is 0 Å². The summed E-state index contributed by atoms with van der Waals surface area (Å²) in [7, 11) is 1.83. The Bertz CT molecular complexity index is 298. The van der Waals surface area contributed by atoms with E-state index in [9.17, 15) is 0 Å². The molecule has 1 saturated carbocycles. The first-order valence-corrected chi connectivity index (χ1v) is 9.02. The molecule has 0 amide bonds. The number of nitrogens with one attached hydrogen (secondary N) is 1. The van der Waals surface area contributed by atoms with Gasteiger partial charge in [-0.25, -0.2) is 0 Å². The zero-order valence-electron chi connectivity index (χ0n) is 14.7. The maximum atomic E-state index is 5.34. The van der Waals surface area contributed by atoms with Crippen LogP contribution in [0.2, 0.25) is 0 Å². The lowest BCUT2D eigenvalue weighted by molar-refractivity contribution is 0.0276. The SMILES string of the molecule is CCCNC1CCC(C)(C)CC1N1CCC(COC)CC1. The normalized spacial score (nSPS) is 31.4. The third-order valence-corrected chi connectivity index (χ3v) is 5.54. The minimum absolute atomic E-state index is 0.512. The summed E-state index contributed by atoms with van der Waals surface area (Å²) < 4.78 is 5.34. The highest BCUT2D eigenvalue weighted by atomic mass is 16.5. The fourth-order valence-electron chi connectivity index (χ4n) is 4.19. The molecule has 1 N–H and O–H groups in total. The van der Waals surface area contributed by atoms with E-state index in [2.05, 4.69) is 31.0 Å². The van der Waals surface area contributed by atoms with E-state index < -0.39 is 0 Å².